The molecule has 2 heterocycles. The quantitative estimate of drug-likeness (QED) is 0.689. The number of ether oxygens (including phenoxy) is 1. The predicted octanol–water partition coefficient (Wildman–Crippen LogP) is 1.61. The number of benzene rings is 1. The lowest BCUT2D eigenvalue weighted by molar-refractivity contribution is 0.169. The lowest BCUT2D eigenvalue weighted by atomic mass is 9.95. The first kappa shape index (κ1) is 16.2. The van der Waals surface area contributed by atoms with E-state index in [4.69, 9.17) is 4.74 Å². The molecule has 0 spiro atoms. The molecule has 0 fully saturated rings. The number of aromatic amines is 1. The van der Waals surface area contributed by atoms with E-state index in [0.717, 1.165) is 13.1 Å². The fourth-order valence-electron chi connectivity index (χ4n) is 2.32. The largest absolute Gasteiger partial charge is 0.476 e. The molecule has 1 aromatic carbocycles. The van der Waals surface area contributed by atoms with Crippen LogP contribution in [0.15, 0.2) is 47.3 Å². The Hall–Kier alpha value is -2.67. The Kier molecular flexibility index (Phi) is 4.61. The summed E-state index contributed by atoms with van der Waals surface area (Å²) in [6, 6.07) is 13.7. The fourth-order valence-corrected chi connectivity index (χ4v) is 2.32. The van der Waals surface area contributed by atoms with Crippen LogP contribution in [0.1, 0.15) is 19.4 Å². The van der Waals surface area contributed by atoms with E-state index in [9.17, 15) is 4.79 Å². The predicted molar refractivity (Wildman–Crippen MR) is 91.0 cm³/mol. The van der Waals surface area contributed by atoms with Crippen LogP contribution in [0.2, 0.25) is 0 Å². The van der Waals surface area contributed by atoms with Crippen LogP contribution < -0.4 is 15.7 Å². The van der Waals surface area contributed by atoms with E-state index in [2.05, 4.69) is 46.6 Å². The third-order valence-corrected chi connectivity index (χ3v) is 3.64. The molecule has 3 rings (SSSR count). The Bertz CT molecular complexity index is 854. The smallest absolute Gasteiger partial charge is 0.364 e. The first-order valence-corrected chi connectivity index (χ1v) is 7.85. The van der Waals surface area contributed by atoms with Gasteiger partial charge >= 0.3 is 5.69 Å². The fraction of sp³-hybridized carbons (Fsp3) is 0.353. The molecule has 0 bridgehead atoms. The van der Waals surface area contributed by atoms with Crippen molar-refractivity contribution in [2.24, 2.45) is 5.41 Å². The molecule has 24 heavy (non-hydrogen) atoms. The highest BCUT2D eigenvalue weighted by atomic mass is 16.5. The Labute approximate surface area is 139 Å². The van der Waals surface area contributed by atoms with Crippen LogP contribution in [0.4, 0.5) is 0 Å². The third-order valence-electron chi connectivity index (χ3n) is 3.64. The molecule has 0 saturated heterocycles. The molecule has 0 unspecified atom stereocenters. The van der Waals surface area contributed by atoms with Gasteiger partial charge in [-0.1, -0.05) is 44.2 Å². The van der Waals surface area contributed by atoms with Crippen LogP contribution in [-0.2, 0) is 6.54 Å². The minimum absolute atomic E-state index is 0.0766. The monoisotopic (exact) mass is 327 g/mol. The van der Waals surface area contributed by atoms with Crippen LogP contribution in [-0.4, -0.2) is 33.0 Å². The second-order valence-corrected chi connectivity index (χ2v) is 6.51. The van der Waals surface area contributed by atoms with E-state index in [-0.39, 0.29) is 11.1 Å². The van der Waals surface area contributed by atoms with Gasteiger partial charge in [-0.3, -0.25) is 0 Å². The zero-order valence-electron chi connectivity index (χ0n) is 13.8. The van der Waals surface area contributed by atoms with E-state index in [0.29, 0.717) is 18.1 Å². The van der Waals surface area contributed by atoms with Crippen molar-refractivity contribution in [3.63, 3.8) is 0 Å². The summed E-state index contributed by atoms with van der Waals surface area (Å²) in [5.41, 5.74) is 1.27. The van der Waals surface area contributed by atoms with Crippen LogP contribution in [0.25, 0.3) is 5.65 Å². The van der Waals surface area contributed by atoms with E-state index >= 15 is 0 Å². The van der Waals surface area contributed by atoms with Gasteiger partial charge in [0, 0.05) is 24.6 Å². The number of aromatic nitrogens is 4. The molecule has 126 valence electrons. The van der Waals surface area contributed by atoms with E-state index in [1.54, 1.807) is 12.1 Å². The number of rotatable bonds is 7. The van der Waals surface area contributed by atoms with E-state index in [1.165, 1.54) is 10.1 Å². The number of hydrogen-bond acceptors (Lipinski definition) is 5. The van der Waals surface area contributed by atoms with E-state index < -0.39 is 0 Å². The number of nitrogens with zero attached hydrogens (tertiary/aromatic N) is 3. The van der Waals surface area contributed by atoms with Gasteiger partial charge in [0.05, 0.1) is 6.61 Å². The molecule has 0 aliphatic carbocycles. The number of hydrogen-bond donors (Lipinski definition) is 2. The molecule has 2 N–H and O–H groups in total. The lowest BCUT2D eigenvalue weighted by Crippen LogP contribution is -2.34. The summed E-state index contributed by atoms with van der Waals surface area (Å²) in [5, 5.41) is 13.8. The van der Waals surface area contributed by atoms with Gasteiger partial charge in [0.2, 0.25) is 5.88 Å². The molecule has 0 saturated carbocycles. The molecule has 0 atom stereocenters. The average molecular weight is 327 g/mol. The van der Waals surface area contributed by atoms with Gasteiger partial charge in [-0.15, -0.1) is 5.10 Å². The summed E-state index contributed by atoms with van der Waals surface area (Å²) in [4.78, 5) is 11.5. The highest BCUT2D eigenvalue weighted by Crippen LogP contribution is 2.16. The van der Waals surface area contributed by atoms with Crippen molar-refractivity contribution in [3.8, 4) is 5.88 Å². The Balaban J connectivity index is 1.53. The lowest BCUT2D eigenvalue weighted by Gasteiger charge is -2.24. The Morgan fingerprint density at radius 1 is 1.21 bits per heavy atom. The summed E-state index contributed by atoms with van der Waals surface area (Å²) in [5.74, 6) is 0.405. The number of H-pyrrole nitrogens is 1. The average Bonchev–Trinajstić information content (AvgIpc) is 2.95. The van der Waals surface area contributed by atoms with Crippen molar-refractivity contribution in [2.45, 2.75) is 20.4 Å². The maximum absolute atomic E-state index is 11.5. The number of nitrogens with one attached hydrogen (secondary N) is 2. The molecule has 0 aliphatic rings. The van der Waals surface area contributed by atoms with Crippen LogP contribution in [0.5, 0.6) is 5.88 Å². The second-order valence-electron chi connectivity index (χ2n) is 6.51. The van der Waals surface area contributed by atoms with Gasteiger partial charge in [0.25, 0.3) is 0 Å². The normalized spacial score (nSPS) is 11.8. The third kappa shape index (κ3) is 3.99. The molecule has 3 aromatic rings. The molecule has 0 aliphatic heterocycles. The molecule has 0 radical (unpaired) electrons. The van der Waals surface area contributed by atoms with Gasteiger partial charge in [-0.2, -0.15) is 9.61 Å². The van der Waals surface area contributed by atoms with Crippen molar-refractivity contribution in [1.29, 1.82) is 0 Å². The minimum atomic E-state index is -0.376. The van der Waals surface area contributed by atoms with E-state index in [1.807, 2.05) is 18.2 Å². The summed E-state index contributed by atoms with van der Waals surface area (Å²) in [6.45, 7) is 6.34. The summed E-state index contributed by atoms with van der Waals surface area (Å²) in [6.07, 6.45) is 0. The highest BCUT2D eigenvalue weighted by molar-refractivity contribution is 5.35. The molecule has 0 amide bonds. The van der Waals surface area contributed by atoms with Crippen LogP contribution in [0.3, 0.4) is 0 Å². The van der Waals surface area contributed by atoms with Crippen LogP contribution in [0, 0.1) is 5.41 Å². The van der Waals surface area contributed by atoms with Crippen LogP contribution >= 0.6 is 0 Å². The molecular formula is C17H21N5O2. The van der Waals surface area contributed by atoms with Crippen molar-refractivity contribution in [1.82, 2.24) is 25.1 Å². The SMILES string of the molecule is CC(C)(CNCc1ccccc1)COc1ccc2n[nH]c(=O)n2n1. The van der Waals surface area contributed by atoms with Gasteiger partial charge in [-0.25, -0.2) is 9.89 Å². The molecule has 2 aromatic heterocycles. The standard InChI is InChI=1S/C17H21N5O2/c1-17(2,11-18-10-13-6-4-3-5-7-13)12-24-15-9-8-14-19-20-16(23)22(14)21-15/h3-9,18H,10-12H2,1-2H3,(H,20,23). The summed E-state index contributed by atoms with van der Waals surface area (Å²) < 4.78 is 6.94. The topological polar surface area (TPSA) is 84.3 Å². The highest BCUT2D eigenvalue weighted by Gasteiger charge is 2.19. The van der Waals surface area contributed by atoms with Gasteiger partial charge in [0.15, 0.2) is 5.65 Å². The zero-order valence-corrected chi connectivity index (χ0v) is 13.8. The molecule has 7 nitrogen and oxygen atoms in total. The van der Waals surface area contributed by atoms with Gasteiger partial charge < -0.3 is 10.1 Å². The maximum atomic E-state index is 11.5. The molecule has 7 heteroatoms. The van der Waals surface area contributed by atoms with Gasteiger partial charge in [-0.05, 0) is 11.6 Å². The Morgan fingerprint density at radius 3 is 2.79 bits per heavy atom. The van der Waals surface area contributed by atoms with Crippen molar-refractivity contribution in [3.05, 3.63) is 58.5 Å². The van der Waals surface area contributed by atoms with Crippen molar-refractivity contribution >= 4 is 5.65 Å². The van der Waals surface area contributed by atoms with Crippen molar-refractivity contribution in [2.75, 3.05) is 13.2 Å². The van der Waals surface area contributed by atoms with Gasteiger partial charge in [0.1, 0.15) is 0 Å². The first-order chi connectivity index (χ1) is 11.5. The Morgan fingerprint density at radius 2 is 2.00 bits per heavy atom. The maximum Gasteiger partial charge on any atom is 0.364 e. The molecular weight excluding hydrogens is 306 g/mol. The number of fused-ring (bicyclic) bond motifs is 1. The summed E-state index contributed by atoms with van der Waals surface area (Å²) >= 11 is 0. The van der Waals surface area contributed by atoms with Crippen molar-refractivity contribution < 1.29 is 4.74 Å². The first-order valence-electron chi connectivity index (χ1n) is 7.85. The zero-order chi connectivity index (χ0) is 17.0. The summed E-state index contributed by atoms with van der Waals surface area (Å²) in [7, 11) is 0. The minimum Gasteiger partial charge on any atom is -0.476 e. The second kappa shape index (κ2) is 6.84.